The molecule has 0 aliphatic heterocycles. The summed E-state index contributed by atoms with van der Waals surface area (Å²) < 4.78 is 2.46. The quantitative estimate of drug-likeness (QED) is 0.238. The highest BCUT2D eigenvalue weighted by atomic mass is 32.2. The van der Waals surface area contributed by atoms with Gasteiger partial charge >= 0.3 is 0 Å². The number of hydrogen-bond acceptors (Lipinski definition) is 9. The van der Waals surface area contributed by atoms with Gasteiger partial charge in [-0.3, -0.25) is 14.9 Å². The van der Waals surface area contributed by atoms with Crippen molar-refractivity contribution in [1.29, 1.82) is 0 Å². The molecule has 0 saturated heterocycles. The van der Waals surface area contributed by atoms with Gasteiger partial charge in [0.15, 0.2) is 15.1 Å². The van der Waals surface area contributed by atoms with E-state index in [-0.39, 0.29) is 17.2 Å². The van der Waals surface area contributed by atoms with Crippen molar-refractivity contribution in [2.24, 2.45) is 0 Å². The van der Waals surface area contributed by atoms with Crippen LogP contribution < -0.4 is 10.9 Å². The highest BCUT2D eigenvalue weighted by Crippen LogP contribution is 2.25. The van der Waals surface area contributed by atoms with E-state index >= 15 is 0 Å². The van der Waals surface area contributed by atoms with Gasteiger partial charge < -0.3 is 4.98 Å². The van der Waals surface area contributed by atoms with E-state index in [9.17, 15) is 9.59 Å². The van der Waals surface area contributed by atoms with Crippen molar-refractivity contribution in [2.75, 3.05) is 16.8 Å². The molecule has 0 aliphatic rings. The van der Waals surface area contributed by atoms with Gasteiger partial charge in [-0.05, 0) is 36.8 Å². The number of thioether (sulfide) groups is 2. The third-order valence-electron chi connectivity index (χ3n) is 4.48. The molecule has 0 fully saturated rings. The number of carbonyl (C=O) groups excluding carboxylic acids is 1. The van der Waals surface area contributed by atoms with Gasteiger partial charge in [-0.15, -0.1) is 10.2 Å². The minimum absolute atomic E-state index is 0.0713. The lowest BCUT2D eigenvalue weighted by Gasteiger charge is -2.09. The lowest BCUT2D eigenvalue weighted by atomic mass is 10.1. The number of anilines is 1. The summed E-state index contributed by atoms with van der Waals surface area (Å²) in [5.41, 5.74) is 3.19. The molecule has 0 saturated carbocycles. The Hall–Kier alpha value is -2.70. The molecule has 31 heavy (non-hydrogen) atoms. The number of nitrogens with zero attached hydrogens (tertiary/aromatic N) is 5. The standard InChI is InChI=1S/C19H19N7O2S3/c1-4-29-19-25-24-18(31-19)21-14(27)9-30-17-22-15-12(16(28)23-17)8-20-26(15)13-7-5-6-10(2)11(13)3/h5-8H,4,9H2,1-3H3,(H,21,24,27)(H,22,23,28). The molecule has 9 nitrogen and oxygen atoms in total. The summed E-state index contributed by atoms with van der Waals surface area (Å²) in [6.45, 7) is 6.05. The van der Waals surface area contributed by atoms with E-state index in [4.69, 9.17) is 0 Å². The number of carbonyl (C=O) groups is 1. The van der Waals surface area contributed by atoms with E-state index in [1.54, 1.807) is 16.4 Å². The lowest BCUT2D eigenvalue weighted by Crippen LogP contribution is -2.15. The van der Waals surface area contributed by atoms with Crippen LogP contribution in [0.25, 0.3) is 16.7 Å². The number of aryl methyl sites for hydroxylation is 1. The molecular formula is C19H19N7O2S3. The van der Waals surface area contributed by atoms with E-state index in [1.807, 2.05) is 39.0 Å². The van der Waals surface area contributed by atoms with Crippen LogP contribution in [0.5, 0.6) is 0 Å². The molecule has 1 amide bonds. The smallest absolute Gasteiger partial charge is 0.262 e. The number of amides is 1. The van der Waals surface area contributed by atoms with Gasteiger partial charge in [0.25, 0.3) is 5.56 Å². The molecule has 2 N–H and O–H groups in total. The highest BCUT2D eigenvalue weighted by molar-refractivity contribution is 8.01. The van der Waals surface area contributed by atoms with E-state index in [1.165, 1.54) is 17.5 Å². The van der Waals surface area contributed by atoms with E-state index in [2.05, 4.69) is 30.6 Å². The van der Waals surface area contributed by atoms with Gasteiger partial charge in [-0.1, -0.05) is 53.9 Å². The van der Waals surface area contributed by atoms with Crippen molar-refractivity contribution < 1.29 is 4.79 Å². The van der Waals surface area contributed by atoms with Crippen LogP contribution in [0.3, 0.4) is 0 Å². The highest BCUT2D eigenvalue weighted by Gasteiger charge is 2.15. The maximum atomic E-state index is 12.5. The van der Waals surface area contributed by atoms with Crippen molar-refractivity contribution in [1.82, 2.24) is 29.9 Å². The number of fused-ring (bicyclic) bond motifs is 1. The molecule has 0 atom stereocenters. The average Bonchev–Trinajstić information content (AvgIpc) is 3.36. The number of hydrogen-bond donors (Lipinski definition) is 2. The summed E-state index contributed by atoms with van der Waals surface area (Å²) in [4.78, 5) is 32.1. The molecule has 4 aromatic rings. The molecule has 1 aromatic carbocycles. The van der Waals surface area contributed by atoms with Crippen LogP contribution in [-0.2, 0) is 4.79 Å². The van der Waals surface area contributed by atoms with Crippen LogP contribution in [0.4, 0.5) is 5.13 Å². The normalized spacial score (nSPS) is 11.2. The second kappa shape index (κ2) is 9.20. The number of nitrogens with one attached hydrogen (secondary N) is 2. The molecule has 12 heteroatoms. The van der Waals surface area contributed by atoms with Gasteiger partial charge in [0.2, 0.25) is 11.0 Å². The first-order chi connectivity index (χ1) is 15.0. The van der Waals surface area contributed by atoms with Crippen molar-refractivity contribution in [3.05, 3.63) is 45.9 Å². The molecule has 0 radical (unpaired) electrons. The van der Waals surface area contributed by atoms with Crippen LogP contribution in [0.1, 0.15) is 18.1 Å². The Morgan fingerprint density at radius 1 is 1.26 bits per heavy atom. The van der Waals surface area contributed by atoms with E-state index in [0.29, 0.717) is 21.3 Å². The molecule has 0 unspecified atom stereocenters. The average molecular weight is 474 g/mol. The third-order valence-corrected chi connectivity index (χ3v) is 7.21. The first-order valence-electron chi connectivity index (χ1n) is 9.40. The van der Waals surface area contributed by atoms with Gasteiger partial charge in [0, 0.05) is 0 Å². The molecule has 0 bridgehead atoms. The Labute approximate surface area is 190 Å². The fraction of sp³-hybridized carbons (Fsp3) is 0.263. The van der Waals surface area contributed by atoms with Crippen LogP contribution in [0.2, 0.25) is 0 Å². The van der Waals surface area contributed by atoms with Gasteiger partial charge in [-0.25, -0.2) is 9.67 Å². The Balaban J connectivity index is 1.53. The van der Waals surface area contributed by atoms with Crippen LogP contribution in [0, 0.1) is 13.8 Å². The van der Waals surface area contributed by atoms with E-state index < -0.39 is 0 Å². The Morgan fingerprint density at radius 3 is 2.90 bits per heavy atom. The zero-order valence-electron chi connectivity index (χ0n) is 17.0. The second-order valence-electron chi connectivity index (χ2n) is 6.53. The fourth-order valence-corrected chi connectivity index (χ4v) is 5.16. The molecular weight excluding hydrogens is 454 g/mol. The second-order valence-corrected chi connectivity index (χ2v) is 9.98. The first kappa shape index (κ1) is 21.5. The molecule has 0 spiro atoms. The number of benzene rings is 1. The van der Waals surface area contributed by atoms with Crippen molar-refractivity contribution in [3.63, 3.8) is 0 Å². The minimum Gasteiger partial charge on any atom is -0.301 e. The van der Waals surface area contributed by atoms with Gasteiger partial charge in [0.1, 0.15) is 5.39 Å². The van der Waals surface area contributed by atoms with Gasteiger partial charge in [-0.2, -0.15) is 5.10 Å². The molecule has 3 heterocycles. The van der Waals surface area contributed by atoms with Crippen molar-refractivity contribution in [2.45, 2.75) is 30.3 Å². The Morgan fingerprint density at radius 2 is 2.10 bits per heavy atom. The maximum absolute atomic E-state index is 12.5. The van der Waals surface area contributed by atoms with Crippen LogP contribution in [0.15, 0.2) is 38.7 Å². The Bertz CT molecular complexity index is 1310. The summed E-state index contributed by atoms with van der Waals surface area (Å²) in [6.07, 6.45) is 1.51. The predicted octanol–water partition coefficient (Wildman–Crippen LogP) is 3.42. The zero-order valence-corrected chi connectivity index (χ0v) is 19.5. The number of aromatic nitrogens is 6. The van der Waals surface area contributed by atoms with Crippen LogP contribution in [-0.4, -0.2) is 47.4 Å². The minimum atomic E-state index is -0.296. The van der Waals surface area contributed by atoms with Crippen LogP contribution >= 0.6 is 34.9 Å². The zero-order chi connectivity index (χ0) is 22.0. The maximum Gasteiger partial charge on any atom is 0.262 e. The summed E-state index contributed by atoms with van der Waals surface area (Å²) >= 11 is 4.04. The summed E-state index contributed by atoms with van der Waals surface area (Å²) in [5.74, 6) is 0.709. The Kier molecular flexibility index (Phi) is 6.39. The van der Waals surface area contributed by atoms with Crippen molar-refractivity contribution in [3.8, 4) is 5.69 Å². The number of H-pyrrole nitrogens is 1. The van der Waals surface area contributed by atoms with E-state index in [0.717, 1.165) is 38.7 Å². The topological polar surface area (TPSA) is 118 Å². The molecule has 4 rings (SSSR count). The van der Waals surface area contributed by atoms with Gasteiger partial charge in [0.05, 0.1) is 17.6 Å². The predicted molar refractivity (Wildman–Crippen MR) is 125 cm³/mol. The monoisotopic (exact) mass is 473 g/mol. The molecule has 0 aliphatic carbocycles. The third kappa shape index (κ3) is 4.65. The van der Waals surface area contributed by atoms with Crippen molar-refractivity contribution >= 4 is 56.9 Å². The molecule has 160 valence electrons. The SMILES string of the molecule is CCSc1nnc(NC(=O)CSc2nc3c(cnn3-c3cccc(C)c3C)c(=O)[nH]2)s1. The number of rotatable bonds is 7. The fourth-order valence-electron chi connectivity index (χ4n) is 2.84. The number of aromatic amines is 1. The first-order valence-corrected chi connectivity index (χ1v) is 12.2. The summed E-state index contributed by atoms with van der Waals surface area (Å²) in [5, 5.41) is 16.2. The lowest BCUT2D eigenvalue weighted by molar-refractivity contribution is -0.113. The largest absolute Gasteiger partial charge is 0.301 e. The summed E-state index contributed by atoms with van der Waals surface area (Å²) in [7, 11) is 0. The summed E-state index contributed by atoms with van der Waals surface area (Å²) in [6, 6.07) is 5.90. The molecule has 3 aromatic heterocycles.